The van der Waals surface area contributed by atoms with Gasteiger partial charge in [-0.15, -0.1) is 0 Å². The summed E-state index contributed by atoms with van der Waals surface area (Å²) >= 11 is 0. The maximum absolute atomic E-state index is 12.9. The van der Waals surface area contributed by atoms with E-state index in [1.165, 1.54) is 0 Å². The third kappa shape index (κ3) is 78.5. The molecule has 0 saturated carbocycles. The number of likely N-dealkylation sites (N-methyl/N-ethyl adjacent to an activating group) is 1. The highest BCUT2D eigenvalue weighted by Gasteiger charge is 2.27. The number of unbranched alkanes of at least 4 members (excludes halogenated alkanes) is 9. The quantitative estimate of drug-likeness (QED) is 0.0211. The fourth-order valence-corrected chi connectivity index (χ4v) is 9.67. The highest BCUT2D eigenvalue weighted by molar-refractivity contribution is 7.47. The molecule has 0 radical (unpaired) electrons. The molecule has 0 saturated heterocycles. The molecule has 1 N–H and O–H groups in total. The lowest BCUT2D eigenvalue weighted by atomic mass is 10.1. The first-order valence-electron chi connectivity index (χ1n) is 37.4. The number of quaternary nitrogens is 1. The zero-order valence-electron chi connectivity index (χ0n) is 61.9. The summed E-state index contributed by atoms with van der Waals surface area (Å²) in [7, 11) is 1.41. The van der Waals surface area contributed by atoms with Gasteiger partial charge in [0.2, 0.25) is 0 Å². The van der Waals surface area contributed by atoms with Crippen molar-refractivity contribution in [3.63, 3.8) is 0 Å². The van der Waals surface area contributed by atoms with Gasteiger partial charge in [-0.1, -0.05) is 301 Å². The number of rotatable bonds is 65. The van der Waals surface area contributed by atoms with Gasteiger partial charge in [-0.2, -0.15) is 0 Å². The number of nitrogens with zero attached hydrogens (tertiary/aromatic N) is 1. The van der Waals surface area contributed by atoms with E-state index in [1.54, 1.807) is 0 Å². The van der Waals surface area contributed by atoms with E-state index in [2.05, 4.69) is 269 Å². The monoisotopic (exact) mass is 1360 g/mol. The number of phosphoric acid groups is 1. The minimum absolute atomic E-state index is 0.00797. The predicted molar refractivity (Wildman–Crippen MR) is 426 cm³/mol. The summed E-state index contributed by atoms with van der Waals surface area (Å²) in [6, 6.07) is 0. The van der Waals surface area contributed by atoms with E-state index in [0.717, 1.165) is 193 Å². The van der Waals surface area contributed by atoms with Gasteiger partial charge in [-0.25, -0.2) is 4.57 Å². The van der Waals surface area contributed by atoms with Crippen LogP contribution in [-0.2, 0) is 32.7 Å². The first kappa shape index (κ1) is 91.5. The Labute approximate surface area is 599 Å². The Hall–Kier alpha value is -6.45. The van der Waals surface area contributed by atoms with E-state index >= 15 is 0 Å². The van der Waals surface area contributed by atoms with Crippen LogP contribution in [0.4, 0.5) is 0 Å². The average molecular weight is 1370 g/mol. The second-order valence-electron chi connectivity index (χ2n) is 24.9. The predicted octanol–water partition coefficient (Wildman–Crippen LogP) is 25.3. The molecule has 0 aliphatic carbocycles. The van der Waals surface area contributed by atoms with Crippen molar-refractivity contribution < 1.29 is 42.1 Å². The third-order valence-electron chi connectivity index (χ3n) is 14.6. The molecular weight excluding hydrogens is 1230 g/mol. The van der Waals surface area contributed by atoms with Gasteiger partial charge in [-0.3, -0.25) is 18.6 Å². The van der Waals surface area contributed by atoms with Gasteiger partial charge in [0, 0.05) is 12.8 Å². The van der Waals surface area contributed by atoms with Crippen LogP contribution in [0.5, 0.6) is 0 Å². The zero-order valence-corrected chi connectivity index (χ0v) is 62.8. The second-order valence-corrected chi connectivity index (χ2v) is 26.3. The summed E-state index contributed by atoms with van der Waals surface area (Å²) in [4.78, 5) is 35.9. The lowest BCUT2D eigenvalue weighted by Gasteiger charge is -2.24. The molecule has 0 fully saturated rings. The van der Waals surface area contributed by atoms with Gasteiger partial charge in [-0.05, 0) is 173 Å². The van der Waals surface area contributed by atoms with Crippen molar-refractivity contribution in [3.8, 4) is 0 Å². The van der Waals surface area contributed by atoms with Crippen molar-refractivity contribution in [3.05, 3.63) is 255 Å². The van der Waals surface area contributed by atoms with Crippen molar-refractivity contribution in [2.45, 2.75) is 238 Å². The molecule has 0 aromatic carbocycles. The molecule has 0 spiro atoms. The maximum atomic E-state index is 12.9. The van der Waals surface area contributed by atoms with Gasteiger partial charge in [0.25, 0.3) is 0 Å². The zero-order chi connectivity index (χ0) is 71.1. The summed E-state index contributed by atoms with van der Waals surface area (Å²) in [5.74, 6) is -0.871. The molecule has 0 heterocycles. The molecule has 2 atom stereocenters. The van der Waals surface area contributed by atoms with Crippen LogP contribution in [0, 0.1) is 0 Å². The van der Waals surface area contributed by atoms with Crippen molar-refractivity contribution in [1.29, 1.82) is 0 Å². The highest BCUT2D eigenvalue weighted by Crippen LogP contribution is 2.43. The first-order chi connectivity index (χ1) is 48.0. The van der Waals surface area contributed by atoms with Gasteiger partial charge in [0.1, 0.15) is 19.8 Å². The summed E-state index contributed by atoms with van der Waals surface area (Å²) in [6.07, 6.45) is 124. The van der Waals surface area contributed by atoms with Crippen molar-refractivity contribution in [2.75, 3.05) is 47.5 Å². The van der Waals surface area contributed by atoms with E-state index in [-0.39, 0.29) is 26.1 Å². The fraction of sp³-hybridized carbons (Fsp3) is 0.500. The van der Waals surface area contributed by atoms with Crippen LogP contribution < -0.4 is 0 Å². The molecule has 2 unspecified atom stereocenters. The fourth-order valence-electron chi connectivity index (χ4n) is 8.93. The van der Waals surface area contributed by atoms with Crippen molar-refractivity contribution in [1.82, 2.24) is 0 Å². The number of ether oxygens (including phenoxy) is 2. The third-order valence-corrected chi connectivity index (χ3v) is 15.5. The molecule has 10 heteroatoms. The Kier molecular flexibility index (Phi) is 69.8. The van der Waals surface area contributed by atoms with Crippen LogP contribution in [-0.4, -0.2) is 74.9 Å². The van der Waals surface area contributed by atoms with Gasteiger partial charge in [0.15, 0.2) is 6.10 Å². The number of hydrogen-bond donors (Lipinski definition) is 1. The summed E-state index contributed by atoms with van der Waals surface area (Å²) in [5.41, 5.74) is 0. The smallest absolute Gasteiger partial charge is 0.462 e. The van der Waals surface area contributed by atoms with Crippen LogP contribution >= 0.6 is 7.82 Å². The lowest BCUT2D eigenvalue weighted by molar-refractivity contribution is -0.870. The van der Waals surface area contributed by atoms with E-state index in [1.807, 2.05) is 21.1 Å². The molecular formula is C88H135NO8P+. The Bertz CT molecular complexity index is 2610. The highest BCUT2D eigenvalue weighted by atomic mass is 31.2. The Morgan fingerprint density at radius 2 is 0.551 bits per heavy atom. The van der Waals surface area contributed by atoms with Gasteiger partial charge >= 0.3 is 19.8 Å². The summed E-state index contributed by atoms with van der Waals surface area (Å²) < 4.78 is 34.7. The largest absolute Gasteiger partial charge is 0.472 e. The van der Waals surface area contributed by atoms with E-state index in [0.29, 0.717) is 23.9 Å². The molecule has 0 bridgehead atoms. The molecule has 0 amide bonds. The van der Waals surface area contributed by atoms with E-state index < -0.39 is 32.5 Å². The molecule has 0 aromatic rings. The normalized spacial score (nSPS) is 14.6. The van der Waals surface area contributed by atoms with Crippen LogP contribution in [0.3, 0.4) is 0 Å². The molecule has 544 valence electrons. The minimum Gasteiger partial charge on any atom is -0.462 e. The van der Waals surface area contributed by atoms with E-state index in [9.17, 15) is 19.0 Å². The number of allylic oxidation sites excluding steroid dienone is 42. The van der Waals surface area contributed by atoms with Crippen LogP contribution in [0.15, 0.2) is 255 Å². The van der Waals surface area contributed by atoms with Crippen molar-refractivity contribution in [2.24, 2.45) is 0 Å². The Morgan fingerprint density at radius 1 is 0.316 bits per heavy atom. The van der Waals surface area contributed by atoms with Crippen LogP contribution in [0.2, 0.25) is 0 Å². The van der Waals surface area contributed by atoms with Gasteiger partial charge in [0.05, 0.1) is 27.7 Å². The number of esters is 2. The average Bonchev–Trinajstić information content (AvgIpc) is 1.23. The topological polar surface area (TPSA) is 108 Å². The first-order valence-corrected chi connectivity index (χ1v) is 38.9. The SMILES string of the molecule is CC/C=C\C/C=C\C/C=C\C/C=C\C/C=C\C/C=C\C/C=C\C/C=C\C/C=C\C/C=C\C/C=C\CCCCCCCC(=O)OC(COC(=O)CCCCCC/C=C\C/C=C\C/C=C\C/C=C\C/C=C\C/C=C\C/C=C\C/C=C\C/C=C\C/C=C\CC)COP(=O)(O)OCC[N+](C)(C)C. The van der Waals surface area contributed by atoms with Crippen molar-refractivity contribution >= 4 is 19.8 Å². The molecule has 9 nitrogen and oxygen atoms in total. The van der Waals surface area contributed by atoms with Crippen LogP contribution in [0.1, 0.15) is 232 Å². The lowest BCUT2D eigenvalue weighted by Crippen LogP contribution is -2.37. The van der Waals surface area contributed by atoms with E-state index in [4.69, 9.17) is 18.5 Å². The molecule has 0 aromatic heterocycles. The summed E-state index contributed by atoms with van der Waals surface area (Å²) in [6.45, 7) is 4.11. The number of carbonyl (C=O) groups excluding carboxylic acids is 2. The Balaban J connectivity index is 4.25. The second kappa shape index (κ2) is 74.8. The van der Waals surface area contributed by atoms with Gasteiger partial charge < -0.3 is 18.9 Å². The molecule has 0 rings (SSSR count). The molecule has 98 heavy (non-hydrogen) atoms. The standard InChI is InChI=1S/C88H134NO8P/c1-6-8-10-12-14-16-18-20-22-24-26-28-30-32-34-36-38-40-42-43-44-45-47-49-51-53-55-57-59-61-63-65-67-69-71-73-75-77-79-81-88(91)97-86(85-96-98(92,93)95-83-82-89(3,4)5)84-94-87(90)80-78-76-74-72-70-68-66-64-62-60-58-56-54-52-50-48-46-41-39-37-35-33-31-29-27-25-23-21-19-17-15-13-11-9-7-2/h8-11,14-17,20-23,26-29,32-35,38-41,43-44,47-50,53-56,59-62,65-68,86H,6-7,12-13,18-19,24-25,30-31,36-37,42,45-46,51-52,57-58,63-64,69-85H2,1-5H3/p+1/b10-8-,11-9-,16-14-,17-15-,22-20-,23-21-,28-26-,29-27-,34-32-,35-33-,40-38-,41-39-,44-43-,49-47-,50-48-,55-53-,56-54-,61-59-,62-60-,67-65-,68-66-. The number of hydrogen-bond acceptors (Lipinski definition) is 7. The Morgan fingerprint density at radius 3 is 0.816 bits per heavy atom. The number of carbonyl (C=O) groups is 2. The molecule has 0 aliphatic rings. The maximum Gasteiger partial charge on any atom is 0.472 e. The minimum atomic E-state index is -4.43. The van der Waals surface area contributed by atoms with Crippen LogP contribution in [0.25, 0.3) is 0 Å². The molecule has 0 aliphatic heterocycles. The summed E-state index contributed by atoms with van der Waals surface area (Å²) in [5, 5.41) is 0. The number of phosphoric ester groups is 1.